The molecule has 2 rings (SSSR count). The zero-order valence-corrected chi connectivity index (χ0v) is 13.8. The van der Waals surface area contributed by atoms with Crippen LogP contribution in [-0.2, 0) is 11.9 Å². The minimum Gasteiger partial charge on any atom is -0.456 e. The monoisotopic (exact) mass is 341 g/mol. The molecule has 0 aromatic carbocycles. The summed E-state index contributed by atoms with van der Waals surface area (Å²) in [6.45, 7) is 4.12. The lowest BCUT2D eigenvalue weighted by molar-refractivity contribution is -0.153. The van der Waals surface area contributed by atoms with Gasteiger partial charge in [0.05, 0.1) is 5.75 Å². The first-order valence-electron chi connectivity index (χ1n) is 7.15. The van der Waals surface area contributed by atoms with Crippen molar-refractivity contribution in [2.24, 2.45) is 5.73 Å². The summed E-state index contributed by atoms with van der Waals surface area (Å²) in [6, 6.07) is 2.24. The number of nitrogens with two attached hydrogens (primary N) is 1. The maximum atomic E-state index is 12.4. The molecule has 1 aromatic heterocycles. The zero-order chi connectivity index (χ0) is 17.0. The lowest BCUT2D eigenvalue weighted by Gasteiger charge is -2.13. The summed E-state index contributed by atoms with van der Waals surface area (Å²) in [6.07, 6.45) is 1.61. The molecule has 0 spiro atoms. The molecule has 0 amide bonds. The highest BCUT2D eigenvalue weighted by molar-refractivity contribution is 8.02. The third-order valence-electron chi connectivity index (χ3n) is 3.52. The number of alkyl halides is 3. The highest BCUT2D eigenvalue weighted by Gasteiger charge is 2.34. The fraction of sp³-hybridized carbons (Fsp3) is 0.353. The Kier molecular flexibility index (Phi) is 5.50. The van der Waals surface area contributed by atoms with Crippen molar-refractivity contribution in [3.63, 3.8) is 0 Å². The number of hydrogen-bond donors (Lipinski definition) is 1. The molecule has 0 unspecified atom stereocenters. The molecule has 0 bridgehead atoms. The predicted molar refractivity (Wildman–Crippen MR) is 86.5 cm³/mol. The van der Waals surface area contributed by atoms with Crippen LogP contribution in [0.25, 0.3) is 0 Å². The number of halogens is 3. The number of thioether (sulfide) groups is 1. The SMILES string of the molecule is CC1=CCCC(C)=C1C=C=C(N)SCc1ccc(C(F)(F)F)o1. The molecule has 1 heterocycles. The van der Waals surface area contributed by atoms with E-state index in [1.54, 1.807) is 0 Å². The van der Waals surface area contributed by atoms with Gasteiger partial charge in [-0.05, 0) is 56.0 Å². The van der Waals surface area contributed by atoms with Crippen LogP contribution in [0.3, 0.4) is 0 Å². The van der Waals surface area contributed by atoms with Gasteiger partial charge in [0.15, 0.2) is 0 Å². The van der Waals surface area contributed by atoms with Crippen LogP contribution >= 0.6 is 11.8 Å². The fourth-order valence-corrected chi connectivity index (χ4v) is 2.86. The summed E-state index contributed by atoms with van der Waals surface area (Å²) >= 11 is 1.19. The van der Waals surface area contributed by atoms with E-state index in [9.17, 15) is 13.2 Å². The zero-order valence-electron chi connectivity index (χ0n) is 13.0. The number of allylic oxidation sites excluding steroid dienone is 5. The molecule has 2 N–H and O–H groups in total. The van der Waals surface area contributed by atoms with E-state index in [2.05, 4.69) is 18.7 Å². The topological polar surface area (TPSA) is 39.2 Å². The van der Waals surface area contributed by atoms with Crippen molar-refractivity contribution in [1.82, 2.24) is 0 Å². The van der Waals surface area contributed by atoms with Crippen LogP contribution in [-0.4, -0.2) is 0 Å². The molecule has 23 heavy (non-hydrogen) atoms. The molecule has 0 fully saturated rings. The summed E-state index contributed by atoms with van der Waals surface area (Å²) in [7, 11) is 0. The van der Waals surface area contributed by atoms with Gasteiger partial charge in [-0.3, -0.25) is 0 Å². The fourth-order valence-electron chi connectivity index (χ4n) is 2.27. The van der Waals surface area contributed by atoms with Gasteiger partial charge in [0.2, 0.25) is 5.76 Å². The highest BCUT2D eigenvalue weighted by Crippen LogP contribution is 2.32. The number of rotatable bonds is 4. The second kappa shape index (κ2) is 7.20. The van der Waals surface area contributed by atoms with Gasteiger partial charge in [-0.25, -0.2) is 0 Å². The molecular weight excluding hydrogens is 323 g/mol. The first kappa shape index (κ1) is 17.6. The van der Waals surface area contributed by atoms with E-state index in [0.29, 0.717) is 5.03 Å². The van der Waals surface area contributed by atoms with E-state index < -0.39 is 11.9 Å². The Morgan fingerprint density at radius 3 is 2.74 bits per heavy atom. The van der Waals surface area contributed by atoms with Gasteiger partial charge in [-0.1, -0.05) is 29.1 Å². The molecule has 0 saturated heterocycles. The Hall–Kier alpha value is -1.78. The van der Waals surface area contributed by atoms with Gasteiger partial charge >= 0.3 is 6.18 Å². The second-order valence-corrected chi connectivity index (χ2v) is 6.34. The molecule has 1 aromatic rings. The predicted octanol–water partition coefficient (Wildman–Crippen LogP) is 5.54. The quantitative estimate of drug-likeness (QED) is 0.731. The van der Waals surface area contributed by atoms with Crippen molar-refractivity contribution in [3.05, 3.63) is 63.3 Å². The first-order valence-corrected chi connectivity index (χ1v) is 8.13. The van der Waals surface area contributed by atoms with Crippen LogP contribution in [0.4, 0.5) is 13.2 Å². The smallest absolute Gasteiger partial charge is 0.449 e. The van der Waals surface area contributed by atoms with Gasteiger partial charge in [0, 0.05) is 0 Å². The lowest BCUT2D eigenvalue weighted by atomic mass is 9.93. The summed E-state index contributed by atoms with van der Waals surface area (Å²) in [4.78, 5) is 0. The largest absolute Gasteiger partial charge is 0.456 e. The minimum absolute atomic E-state index is 0.232. The minimum atomic E-state index is -4.46. The first-order chi connectivity index (χ1) is 10.8. The Bertz CT molecular complexity index is 704. The summed E-state index contributed by atoms with van der Waals surface area (Å²) in [5.74, 6) is -0.526. The van der Waals surface area contributed by atoms with Crippen molar-refractivity contribution in [2.75, 3.05) is 0 Å². The molecule has 1 aliphatic carbocycles. The molecule has 1 aliphatic rings. The highest BCUT2D eigenvalue weighted by atomic mass is 32.2. The van der Waals surface area contributed by atoms with Gasteiger partial charge in [0.1, 0.15) is 10.8 Å². The van der Waals surface area contributed by atoms with Crippen LogP contribution < -0.4 is 5.73 Å². The number of hydrogen-bond acceptors (Lipinski definition) is 3. The second-order valence-electron chi connectivity index (χ2n) is 5.33. The van der Waals surface area contributed by atoms with E-state index in [1.807, 2.05) is 13.0 Å². The van der Waals surface area contributed by atoms with E-state index >= 15 is 0 Å². The third kappa shape index (κ3) is 4.85. The standard InChI is InChI=1S/C17H18F3NOS/c1-11-4-3-5-12(2)14(11)7-9-16(21)23-10-13-6-8-15(22-13)17(18,19)20/h4,6-8H,3,5,10,21H2,1-2H3. The van der Waals surface area contributed by atoms with Crippen LogP contribution in [0.5, 0.6) is 0 Å². The maximum Gasteiger partial charge on any atom is 0.449 e. The van der Waals surface area contributed by atoms with E-state index in [-0.39, 0.29) is 11.5 Å². The van der Waals surface area contributed by atoms with Crippen LogP contribution in [0.2, 0.25) is 0 Å². The summed E-state index contributed by atoms with van der Waals surface area (Å²) in [5.41, 5.74) is 12.4. The van der Waals surface area contributed by atoms with Crippen molar-refractivity contribution >= 4 is 11.8 Å². The normalized spacial score (nSPS) is 15.3. The maximum absolute atomic E-state index is 12.4. The molecular formula is C17H18F3NOS. The Morgan fingerprint density at radius 2 is 2.13 bits per heavy atom. The lowest BCUT2D eigenvalue weighted by Crippen LogP contribution is -2.02. The van der Waals surface area contributed by atoms with Crippen molar-refractivity contribution < 1.29 is 17.6 Å². The van der Waals surface area contributed by atoms with Crippen LogP contribution in [0.1, 0.15) is 38.2 Å². The van der Waals surface area contributed by atoms with Crippen molar-refractivity contribution in [1.29, 1.82) is 0 Å². The molecule has 0 saturated carbocycles. The van der Waals surface area contributed by atoms with Gasteiger partial charge in [0.25, 0.3) is 0 Å². The number of furan rings is 1. The molecule has 2 nitrogen and oxygen atoms in total. The Balaban J connectivity index is 2.02. The molecule has 6 heteroatoms. The average molecular weight is 341 g/mol. The van der Waals surface area contributed by atoms with Gasteiger partial charge < -0.3 is 10.2 Å². The van der Waals surface area contributed by atoms with Crippen LogP contribution in [0.15, 0.2) is 56.2 Å². The third-order valence-corrected chi connectivity index (χ3v) is 4.38. The van der Waals surface area contributed by atoms with Crippen molar-refractivity contribution in [3.8, 4) is 0 Å². The molecule has 0 radical (unpaired) electrons. The van der Waals surface area contributed by atoms with E-state index in [4.69, 9.17) is 10.2 Å². The molecule has 0 atom stereocenters. The van der Waals surface area contributed by atoms with Gasteiger partial charge in [-0.2, -0.15) is 13.2 Å². The van der Waals surface area contributed by atoms with E-state index in [0.717, 1.165) is 24.5 Å². The molecule has 0 aliphatic heterocycles. The summed E-state index contributed by atoms with van der Waals surface area (Å²) < 4.78 is 42.1. The van der Waals surface area contributed by atoms with Gasteiger partial charge in [-0.15, -0.1) is 0 Å². The molecule has 124 valence electrons. The van der Waals surface area contributed by atoms with E-state index in [1.165, 1.54) is 29.0 Å². The Morgan fingerprint density at radius 1 is 1.39 bits per heavy atom. The average Bonchev–Trinajstić information content (AvgIpc) is 2.93. The Labute approximate surface area is 137 Å². The summed E-state index contributed by atoms with van der Waals surface area (Å²) in [5, 5.41) is 0.411. The van der Waals surface area contributed by atoms with Crippen molar-refractivity contribution in [2.45, 2.75) is 38.6 Å². The van der Waals surface area contributed by atoms with Crippen LogP contribution in [0, 0.1) is 0 Å².